The Hall–Kier alpha value is -5.02. The molecule has 10 nitrogen and oxygen atoms in total. The quantitative estimate of drug-likeness (QED) is 0.253. The number of allylic oxidation sites excluding steroid dienone is 1. The molecule has 1 aromatic carbocycles. The van der Waals surface area contributed by atoms with Gasteiger partial charge in [-0.3, -0.25) is 4.79 Å². The summed E-state index contributed by atoms with van der Waals surface area (Å²) >= 11 is 0. The van der Waals surface area contributed by atoms with Gasteiger partial charge in [-0.2, -0.15) is 9.97 Å². The average Bonchev–Trinajstić information content (AvgIpc) is 3.72. The molecule has 5 heterocycles. The van der Waals surface area contributed by atoms with Crippen molar-refractivity contribution in [1.82, 2.24) is 19.9 Å². The third-order valence-electron chi connectivity index (χ3n) is 10.6. The fourth-order valence-corrected chi connectivity index (χ4v) is 8.15. The fraction of sp³-hybridized carbons (Fsp3) is 0.436. The maximum Gasteiger partial charge on any atom is 0.319 e. The summed E-state index contributed by atoms with van der Waals surface area (Å²) < 4.78 is 36.3. The van der Waals surface area contributed by atoms with Gasteiger partial charge in [-0.1, -0.05) is 24.6 Å². The van der Waals surface area contributed by atoms with Crippen molar-refractivity contribution >= 4 is 29.3 Å². The average molecular weight is 696 g/mol. The first-order chi connectivity index (χ1) is 24.6. The van der Waals surface area contributed by atoms with Crippen LogP contribution in [0.4, 0.5) is 26.1 Å². The fourth-order valence-electron chi connectivity index (χ4n) is 8.15. The summed E-state index contributed by atoms with van der Waals surface area (Å²) in [7, 11) is 1.95. The number of terminal acetylenes is 1. The highest BCUT2D eigenvalue weighted by Gasteiger charge is 2.44. The van der Waals surface area contributed by atoms with E-state index in [0.29, 0.717) is 55.4 Å². The van der Waals surface area contributed by atoms with Crippen LogP contribution in [0.25, 0.3) is 6.08 Å². The van der Waals surface area contributed by atoms with Crippen molar-refractivity contribution < 1.29 is 23.4 Å². The second-order valence-corrected chi connectivity index (χ2v) is 14.2. The molecule has 0 unspecified atom stereocenters. The Kier molecular flexibility index (Phi) is 9.42. The predicted molar refractivity (Wildman–Crippen MR) is 193 cm³/mol. The van der Waals surface area contributed by atoms with Crippen LogP contribution in [-0.2, 0) is 17.6 Å². The van der Waals surface area contributed by atoms with E-state index in [-0.39, 0.29) is 49.6 Å². The smallest absolute Gasteiger partial charge is 0.319 e. The van der Waals surface area contributed by atoms with Gasteiger partial charge in [0.1, 0.15) is 30.2 Å². The van der Waals surface area contributed by atoms with Crippen molar-refractivity contribution in [2.45, 2.75) is 69.3 Å². The minimum Gasteiger partial charge on any atom is -0.461 e. The molecule has 7 rings (SSSR count). The van der Waals surface area contributed by atoms with E-state index in [4.69, 9.17) is 21.1 Å². The number of β-amino-alcohol motifs (C(OH)–C–C–N with tert-alkyl or cyclic N) is 1. The number of aliphatic hydroxyl groups excluding tert-OH is 1. The number of nitrogens with zero attached hydrogens (tertiary/aromatic N) is 7. The Morgan fingerprint density at radius 2 is 2.10 bits per heavy atom. The summed E-state index contributed by atoms with van der Waals surface area (Å²) in [6.45, 7) is 7.44. The molecule has 0 bridgehead atoms. The van der Waals surface area contributed by atoms with Gasteiger partial charge in [0.25, 0.3) is 0 Å². The number of carbonyl (C=O) groups excluding carboxylic acids is 1. The van der Waals surface area contributed by atoms with Crippen LogP contribution in [0.5, 0.6) is 6.01 Å². The molecule has 266 valence electrons. The number of alkyl halides is 1. The van der Waals surface area contributed by atoms with Gasteiger partial charge < -0.3 is 29.4 Å². The summed E-state index contributed by atoms with van der Waals surface area (Å²) in [6.07, 6.45) is 12.6. The lowest BCUT2D eigenvalue weighted by atomic mass is 9.92. The van der Waals surface area contributed by atoms with Gasteiger partial charge >= 0.3 is 6.01 Å². The van der Waals surface area contributed by atoms with Crippen LogP contribution in [-0.4, -0.2) is 94.6 Å². The number of halogens is 2. The number of aromatic nitrogens is 3. The van der Waals surface area contributed by atoms with E-state index >= 15 is 0 Å². The molecule has 1 amide bonds. The van der Waals surface area contributed by atoms with Crippen LogP contribution < -0.4 is 19.4 Å². The van der Waals surface area contributed by atoms with Crippen molar-refractivity contribution in [2.24, 2.45) is 0 Å². The number of hydrogen-bond acceptors (Lipinski definition) is 9. The minimum absolute atomic E-state index is 0.0144. The number of anilines is 3. The Morgan fingerprint density at radius 3 is 2.86 bits per heavy atom. The number of likely N-dealkylation sites (N-methyl/N-ethyl adjacent to an activating group) is 1. The molecule has 0 saturated carbocycles. The van der Waals surface area contributed by atoms with Gasteiger partial charge in [0.05, 0.1) is 35.1 Å². The third-order valence-corrected chi connectivity index (χ3v) is 10.6. The Labute approximate surface area is 297 Å². The van der Waals surface area contributed by atoms with E-state index in [2.05, 4.69) is 17.5 Å². The minimum atomic E-state index is -1.05. The molecule has 3 aromatic rings. The molecule has 0 radical (unpaired) electrons. The second kappa shape index (κ2) is 13.9. The van der Waals surface area contributed by atoms with Crippen LogP contribution in [0.15, 0.2) is 54.9 Å². The number of pyridine rings is 1. The Bertz CT molecular complexity index is 1900. The maximum absolute atomic E-state index is 15.0. The van der Waals surface area contributed by atoms with Crippen molar-refractivity contribution in [3.8, 4) is 18.4 Å². The highest BCUT2D eigenvalue weighted by atomic mass is 19.1. The molecule has 51 heavy (non-hydrogen) atoms. The second-order valence-electron chi connectivity index (χ2n) is 14.2. The van der Waals surface area contributed by atoms with Gasteiger partial charge in [-0.15, -0.1) is 6.42 Å². The number of aliphatic hydroxyl groups is 1. The molecule has 3 aliphatic heterocycles. The number of amides is 1. The first-order valence-corrected chi connectivity index (χ1v) is 17.5. The zero-order valence-corrected chi connectivity index (χ0v) is 29.1. The molecule has 2 aromatic heterocycles. The van der Waals surface area contributed by atoms with Gasteiger partial charge in [0, 0.05) is 63.0 Å². The molecular weight excluding hydrogens is 652 g/mol. The van der Waals surface area contributed by atoms with Crippen molar-refractivity contribution in [3.05, 3.63) is 83.1 Å². The van der Waals surface area contributed by atoms with E-state index in [9.17, 15) is 18.7 Å². The lowest BCUT2D eigenvalue weighted by Gasteiger charge is -2.38. The molecule has 4 aliphatic rings. The number of rotatable bonds is 9. The largest absolute Gasteiger partial charge is 0.461 e. The van der Waals surface area contributed by atoms with E-state index in [1.807, 2.05) is 57.8 Å². The van der Waals surface area contributed by atoms with Crippen LogP contribution in [0, 0.1) is 18.2 Å². The number of fused-ring (bicyclic) bond motifs is 2. The topological polar surface area (TPSA) is 98.2 Å². The van der Waals surface area contributed by atoms with E-state index < -0.39 is 23.6 Å². The van der Waals surface area contributed by atoms with Crippen molar-refractivity contribution in [1.29, 1.82) is 0 Å². The first kappa shape index (κ1) is 34.4. The molecular formula is C39H43F2N7O3. The number of benzene rings is 1. The zero-order chi connectivity index (χ0) is 35.9. The number of likely N-dealkylation sites (tertiary alicyclic amines) is 1. The third kappa shape index (κ3) is 6.63. The van der Waals surface area contributed by atoms with Gasteiger partial charge in [-0.05, 0) is 68.5 Å². The molecule has 2 fully saturated rings. The van der Waals surface area contributed by atoms with Crippen LogP contribution in [0.1, 0.15) is 55.0 Å². The number of ether oxygens (including phenoxy) is 1. The van der Waals surface area contributed by atoms with Gasteiger partial charge in [-0.25, -0.2) is 13.8 Å². The number of carbonyl (C=O) groups is 1. The van der Waals surface area contributed by atoms with Gasteiger partial charge in [0.15, 0.2) is 0 Å². The lowest BCUT2D eigenvalue weighted by molar-refractivity contribution is -0.126. The Balaban J connectivity index is 1.25. The van der Waals surface area contributed by atoms with Crippen molar-refractivity contribution in [3.63, 3.8) is 0 Å². The lowest BCUT2D eigenvalue weighted by Crippen LogP contribution is -2.46. The first-order valence-electron chi connectivity index (χ1n) is 17.5. The molecule has 2 saturated heterocycles. The summed E-state index contributed by atoms with van der Waals surface area (Å²) in [5.41, 5.74) is 3.22. The van der Waals surface area contributed by atoms with Crippen LogP contribution in [0.2, 0.25) is 0 Å². The van der Waals surface area contributed by atoms with Crippen LogP contribution in [0.3, 0.4) is 0 Å². The molecule has 1 aliphatic carbocycles. The van der Waals surface area contributed by atoms with Crippen molar-refractivity contribution in [2.75, 3.05) is 54.5 Å². The molecule has 0 spiro atoms. The zero-order valence-electron chi connectivity index (χ0n) is 29.1. The summed E-state index contributed by atoms with van der Waals surface area (Å²) in [5, 5.41) is 10.8. The Morgan fingerprint density at radius 1 is 1.25 bits per heavy atom. The van der Waals surface area contributed by atoms with Gasteiger partial charge in [0.2, 0.25) is 5.91 Å². The normalized spacial score (nSPS) is 24.0. The molecule has 12 heteroatoms. The SMILES string of the molecule is C#Cc1c(F)ccc2c1N(C1=Cc3nc(OC[C@]4(C)C[C@@H](F)CN4c4ccccn4)nc(N(C)C[C@@H]4CCCN4C(=O)C=C)c3CC1)C[C@@H](O)C2. The van der Waals surface area contributed by atoms with Crippen LogP contribution >= 0.6 is 0 Å². The summed E-state index contributed by atoms with van der Waals surface area (Å²) in [5.74, 6) is 3.31. The molecule has 4 atom stereocenters. The molecule has 1 N–H and O–H groups in total. The van der Waals surface area contributed by atoms with E-state index in [1.54, 1.807) is 12.3 Å². The number of hydrogen-bond donors (Lipinski definition) is 1. The monoisotopic (exact) mass is 695 g/mol. The highest BCUT2D eigenvalue weighted by molar-refractivity contribution is 5.87. The standard InChI is InChI=1S/C39H43F2N7O3/c1-5-30-32(41)15-12-25-18-29(49)23-47(36(25)30)27-13-14-31-33(19-27)43-38(44-37(31)45(4)22-28-10-9-17-46(28)35(50)6-2)51-24-39(3)20-26(40)21-48(39)34-11-7-8-16-42-34/h1,6-8,11-12,15-16,19,26,28-29,49H,2,9-10,13-14,17-18,20-24H2,3-4H3/t26-,28+,29+,39+/m1/s1. The maximum atomic E-state index is 15.0. The summed E-state index contributed by atoms with van der Waals surface area (Å²) in [4.78, 5) is 34.7. The summed E-state index contributed by atoms with van der Waals surface area (Å²) in [6, 6.07) is 8.73. The predicted octanol–water partition coefficient (Wildman–Crippen LogP) is 4.70. The van der Waals surface area contributed by atoms with E-state index in [1.165, 1.54) is 12.1 Å². The highest BCUT2D eigenvalue weighted by Crippen LogP contribution is 2.40. The van der Waals surface area contributed by atoms with E-state index in [0.717, 1.165) is 29.7 Å².